The number of hydrogen-bond donors (Lipinski definition) is 1. The molecule has 0 radical (unpaired) electrons. The molecule has 3 saturated heterocycles. The molecule has 5 rings (SSSR count). The molecule has 10 heteroatoms. The van der Waals surface area contributed by atoms with Crippen molar-refractivity contribution in [2.45, 2.75) is 51.4 Å². The molecule has 0 aliphatic carbocycles. The summed E-state index contributed by atoms with van der Waals surface area (Å²) < 4.78 is 12.2. The summed E-state index contributed by atoms with van der Waals surface area (Å²) in [5.74, 6) is -1.85. The predicted octanol–water partition coefficient (Wildman–Crippen LogP) is 4.04. The van der Waals surface area contributed by atoms with Crippen molar-refractivity contribution in [3.63, 3.8) is 0 Å². The molecule has 3 aliphatic heterocycles. The van der Waals surface area contributed by atoms with Crippen LogP contribution in [-0.2, 0) is 19.1 Å². The monoisotopic (exact) mass is 630 g/mol. The normalized spacial score (nSPS) is 24.4. The van der Waals surface area contributed by atoms with Crippen molar-refractivity contribution in [2.75, 3.05) is 60.6 Å². The molecule has 0 saturated carbocycles. The maximum absolute atomic E-state index is 14.6. The van der Waals surface area contributed by atoms with Gasteiger partial charge in [-0.1, -0.05) is 12.2 Å². The number of amides is 3. The first-order chi connectivity index (χ1) is 22.3. The van der Waals surface area contributed by atoms with E-state index in [2.05, 4.69) is 31.9 Å². The average molecular weight is 631 g/mol. The number of benzene rings is 2. The Kier molecular flexibility index (Phi) is 10.2. The molecule has 5 atom stereocenters. The van der Waals surface area contributed by atoms with E-state index in [1.165, 1.54) is 4.90 Å². The summed E-state index contributed by atoms with van der Waals surface area (Å²) in [5, 5.41) is 10.0. The summed E-state index contributed by atoms with van der Waals surface area (Å²) in [4.78, 5) is 50.2. The molecule has 2 unspecified atom stereocenters. The number of likely N-dealkylation sites (tertiary alicyclic amines) is 1. The first-order valence-electron chi connectivity index (χ1n) is 16.3. The number of fused-ring (bicyclic) bond motifs is 1. The first kappa shape index (κ1) is 33.2. The quantitative estimate of drug-likeness (QED) is 0.297. The van der Waals surface area contributed by atoms with Crippen LogP contribution in [0.15, 0.2) is 73.8 Å². The highest BCUT2D eigenvalue weighted by atomic mass is 16.5. The molecule has 2 bridgehead atoms. The highest BCUT2D eigenvalue weighted by molar-refractivity contribution is 6.06. The Bertz CT molecular complexity index is 1420. The maximum Gasteiger partial charge on any atom is 0.253 e. The van der Waals surface area contributed by atoms with Gasteiger partial charge in [0.15, 0.2) is 0 Å². The van der Waals surface area contributed by atoms with Crippen molar-refractivity contribution < 1.29 is 29.0 Å². The Hall–Kier alpha value is -4.15. The third kappa shape index (κ3) is 5.69. The third-order valence-electron chi connectivity index (χ3n) is 9.56. The van der Waals surface area contributed by atoms with Crippen LogP contribution in [0.2, 0.25) is 0 Å². The number of carbonyl (C=O) groups excluding carboxylic acids is 3. The number of carbonyl (C=O) groups is 3. The van der Waals surface area contributed by atoms with E-state index in [0.29, 0.717) is 36.6 Å². The Balaban J connectivity index is 1.49. The molecule has 246 valence electrons. The zero-order valence-electron chi connectivity index (χ0n) is 27.1. The van der Waals surface area contributed by atoms with Crippen LogP contribution >= 0.6 is 0 Å². The number of aliphatic hydroxyl groups is 1. The second-order valence-electron chi connectivity index (χ2n) is 11.9. The van der Waals surface area contributed by atoms with E-state index in [4.69, 9.17) is 9.47 Å². The van der Waals surface area contributed by atoms with Crippen LogP contribution in [0.3, 0.4) is 0 Å². The van der Waals surface area contributed by atoms with Gasteiger partial charge >= 0.3 is 0 Å². The number of nitrogens with zero attached hydrogens (tertiary/aromatic N) is 4. The van der Waals surface area contributed by atoms with E-state index in [1.807, 2.05) is 55.5 Å². The largest absolute Gasteiger partial charge is 0.494 e. The maximum atomic E-state index is 14.6. The number of ether oxygens (including phenoxy) is 2. The zero-order chi connectivity index (χ0) is 33.0. The summed E-state index contributed by atoms with van der Waals surface area (Å²) in [6.45, 7) is 16.2. The first-order valence-corrected chi connectivity index (χ1v) is 16.3. The molecule has 46 heavy (non-hydrogen) atoms. The number of β-amino-alcohol motifs (C(OH)–C–C–N with tert-alkyl or cyclic N) is 1. The van der Waals surface area contributed by atoms with E-state index >= 15 is 0 Å². The van der Waals surface area contributed by atoms with E-state index < -0.39 is 29.6 Å². The Morgan fingerprint density at radius 3 is 2.07 bits per heavy atom. The summed E-state index contributed by atoms with van der Waals surface area (Å²) in [6, 6.07) is 14.0. The molecule has 3 heterocycles. The van der Waals surface area contributed by atoms with Gasteiger partial charge in [0.05, 0.1) is 31.2 Å². The molecule has 3 fully saturated rings. The molecule has 10 nitrogen and oxygen atoms in total. The van der Waals surface area contributed by atoms with Gasteiger partial charge in [-0.15, -0.1) is 13.2 Å². The standard InChI is InChI=1S/C36H46N4O6/c1-6-21-38(27-15-17-28(18-16-27)45-10-5)33(42)30-29-19-20-36(46-29)31(30)34(43)40(23-24-41)32(36)35(44)39(22-7-2)26-13-11-25(12-14-26)37(8-3)9-4/h6-7,11-18,29-32,41H,1-2,8-10,19-24H2,3-5H3/t29-,30+,31+,32?,36?/m1/s1. The van der Waals surface area contributed by atoms with Crippen molar-refractivity contribution in [3.05, 3.63) is 73.8 Å². The Labute approximate surface area is 271 Å². The van der Waals surface area contributed by atoms with Crippen molar-refractivity contribution in [1.29, 1.82) is 0 Å². The average Bonchev–Trinajstić information content (AvgIpc) is 3.71. The molecule has 3 amide bonds. The number of anilines is 3. The minimum atomic E-state index is -1.19. The van der Waals surface area contributed by atoms with Crippen LogP contribution in [0, 0.1) is 11.8 Å². The lowest BCUT2D eigenvalue weighted by Gasteiger charge is -2.37. The van der Waals surface area contributed by atoms with E-state index in [9.17, 15) is 19.5 Å². The SMILES string of the molecule is C=CCN(C(=O)C1N(CCO)C(=O)[C@@H]2[C@@H](C(=O)N(CC=C)c3ccc(OCC)cc3)[C@H]3CCC12O3)c1ccc(N(CC)CC)cc1. The Morgan fingerprint density at radius 2 is 1.52 bits per heavy atom. The summed E-state index contributed by atoms with van der Waals surface area (Å²) in [7, 11) is 0. The van der Waals surface area contributed by atoms with Crippen molar-refractivity contribution >= 4 is 34.8 Å². The van der Waals surface area contributed by atoms with Gasteiger partial charge in [-0.25, -0.2) is 0 Å². The fourth-order valence-corrected chi connectivity index (χ4v) is 7.61. The van der Waals surface area contributed by atoms with Crippen LogP contribution < -0.4 is 19.4 Å². The summed E-state index contributed by atoms with van der Waals surface area (Å²) in [5.41, 5.74) is 1.19. The van der Waals surface area contributed by atoms with Gasteiger partial charge in [0.2, 0.25) is 11.8 Å². The van der Waals surface area contributed by atoms with Crippen LogP contribution in [0.1, 0.15) is 33.6 Å². The number of aliphatic hydroxyl groups excluding tert-OH is 1. The molecule has 0 aromatic heterocycles. The fourth-order valence-electron chi connectivity index (χ4n) is 7.61. The minimum Gasteiger partial charge on any atom is -0.494 e. The highest BCUT2D eigenvalue weighted by Gasteiger charge is 2.75. The van der Waals surface area contributed by atoms with E-state index in [-0.39, 0.29) is 44.0 Å². The van der Waals surface area contributed by atoms with Crippen LogP contribution in [-0.4, -0.2) is 91.4 Å². The van der Waals surface area contributed by atoms with Crippen molar-refractivity contribution in [3.8, 4) is 5.75 Å². The highest BCUT2D eigenvalue weighted by Crippen LogP contribution is 2.59. The zero-order valence-corrected chi connectivity index (χ0v) is 27.1. The van der Waals surface area contributed by atoms with Gasteiger partial charge in [0.1, 0.15) is 17.4 Å². The fraction of sp³-hybridized carbons (Fsp3) is 0.472. The second-order valence-corrected chi connectivity index (χ2v) is 11.9. The number of hydrogen-bond acceptors (Lipinski definition) is 7. The Morgan fingerprint density at radius 1 is 0.957 bits per heavy atom. The van der Waals surface area contributed by atoms with Crippen molar-refractivity contribution in [1.82, 2.24) is 4.90 Å². The lowest BCUT2D eigenvalue weighted by atomic mass is 9.70. The van der Waals surface area contributed by atoms with Gasteiger partial charge in [-0.2, -0.15) is 0 Å². The summed E-state index contributed by atoms with van der Waals surface area (Å²) >= 11 is 0. The van der Waals surface area contributed by atoms with Crippen LogP contribution in [0.4, 0.5) is 17.1 Å². The second kappa shape index (κ2) is 14.1. The topological polar surface area (TPSA) is 103 Å². The third-order valence-corrected chi connectivity index (χ3v) is 9.56. The van der Waals surface area contributed by atoms with Crippen LogP contribution in [0.25, 0.3) is 0 Å². The lowest BCUT2D eigenvalue weighted by molar-refractivity contribution is -0.141. The van der Waals surface area contributed by atoms with Crippen LogP contribution in [0.5, 0.6) is 5.75 Å². The molecular formula is C36H46N4O6. The van der Waals surface area contributed by atoms with Gasteiger partial charge in [-0.3, -0.25) is 14.4 Å². The van der Waals surface area contributed by atoms with Gasteiger partial charge in [0.25, 0.3) is 5.91 Å². The lowest BCUT2D eigenvalue weighted by Crippen LogP contribution is -2.57. The van der Waals surface area contributed by atoms with Gasteiger partial charge < -0.3 is 34.2 Å². The minimum absolute atomic E-state index is 0.0412. The molecule has 1 spiro atoms. The molecule has 2 aromatic rings. The molecule has 2 aromatic carbocycles. The molecule has 1 N–H and O–H groups in total. The predicted molar refractivity (Wildman–Crippen MR) is 179 cm³/mol. The summed E-state index contributed by atoms with van der Waals surface area (Å²) in [6.07, 6.45) is 3.80. The number of rotatable bonds is 15. The van der Waals surface area contributed by atoms with E-state index in [1.54, 1.807) is 22.0 Å². The van der Waals surface area contributed by atoms with Gasteiger partial charge in [0, 0.05) is 49.8 Å². The molecule has 3 aliphatic rings. The van der Waals surface area contributed by atoms with E-state index in [0.717, 1.165) is 18.8 Å². The molecular weight excluding hydrogens is 584 g/mol. The smallest absolute Gasteiger partial charge is 0.253 e. The van der Waals surface area contributed by atoms with Crippen molar-refractivity contribution in [2.24, 2.45) is 11.8 Å². The van der Waals surface area contributed by atoms with Gasteiger partial charge in [-0.05, 0) is 82.1 Å².